The van der Waals surface area contributed by atoms with Gasteiger partial charge in [0.1, 0.15) is 23.0 Å². The van der Waals surface area contributed by atoms with Crippen LogP contribution in [0.1, 0.15) is 54.0 Å². The van der Waals surface area contributed by atoms with Crippen molar-refractivity contribution in [1.29, 1.82) is 0 Å². The molecule has 4 aromatic heterocycles. The van der Waals surface area contributed by atoms with Crippen molar-refractivity contribution in [2.75, 3.05) is 5.32 Å². The zero-order valence-corrected chi connectivity index (χ0v) is 17.5. The van der Waals surface area contributed by atoms with E-state index in [0.29, 0.717) is 28.2 Å². The molecule has 1 amide bonds. The summed E-state index contributed by atoms with van der Waals surface area (Å²) in [6.45, 7) is 1.83. The van der Waals surface area contributed by atoms with Gasteiger partial charge in [0.15, 0.2) is 5.65 Å². The van der Waals surface area contributed by atoms with Gasteiger partial charge < -0.3 is 15.6 Å². The van der Waals surface area contributed by atoms with Crippen LogP contribution in [0.5, 0.6) is 0 Å². The van der Waals surface area contributed by atoms with E-state index in [1.54, 1.807) is 28.8 Å². The smallest absolute Gasteiger partial charge is 0.281 e. The third-order valence-corrected chi connectivity index (χ3v) is 5.90. The predicted molar refractivity (Wildman–Crippen MR) is 116 cm³/mol. The monoisotopic (exact) mass is 439 g/mol. The number of carbonyl (C=O) groups excluding carboxylic acids is 1. The van der Waals surface area contributed by atoms with Gasteiger partial charge in [0.05, 0.1) is 11.1 Å². The van der Waals surface area contributed by atoms with E-state index in [1.807, 2.05) is 13.0 Å². The summed E-state index contributed by atoms with van der Waals surface area (Å²) < 4.78 is 27.7. The number of aromatic amines is 1. The Kier molecular flexibility index (Phi) is 5.20. The highest BCUT2D eigenvalue weighted by Crippen LogP contribution is 2.25. The number of pyridine rings is 2. The minimum Gasteiger partial charge on any atom is -0.368 e. The molecule has 0 radical (unpaired) electrons. The number of nitrogens with zero attached hydrogens (tertiary/aromatic N) is 4. The van der Waals surface area contributed by atoms with Crippen LogP contribution in [0.3, 0.4) is 0 Å². The number of carbonyl (C=O) groups is 1. The molecule has 0 aromatic carbocycles. The maximum atomic E-state index is 13.0. The van der Waals surface area contributed by atoms with E-state index >= 15 is 0 Å². The van der Waals surface area contributed by atoms with Crippen molar-refractivity contribution in [2.45, 2.75) is 51.1 Å². The highest BCUT2D eigenvalue weighted by atomic mass is 19.3. The van der Waals surface area contributed by atoms with Crippen molar-refractivity contribution in [3.05, 3.63) is 53.7 Å². The summed E-state index contributed by atoms with van der Waals surface area (Å²) >= 11 is 0. The second-order valence-electron chi connectivity index (χ2n) is 8.15. The molecule has 166 valence electrons. The lowest BCUT2D eigenvalue weighted by Gasteiger charge is -2.30. The highest BCUT2D eigenvalue weighted by molar-refractivity contribution is 6.04. The van der Waals surface area contributed by atoms with Crippen molar-refractivity contribution in [3.8, 4) is 0 Å². The van der Waals surface area contributed by atoms with Crippen LogP contribution in [-0.2, 0) is 0 Å². The van der Waals surface area contributed by atoms with E-state index in [4.69, 9.17) is 0 Å². The standard InChI is InChI=1S/C22H23F2N7O/c1-12-26-19-15(9-10-25-21(19)27-12)22(32)29-14-7-5-13(6-8-14)28-17-3-2-4-18-30-16(20(23)24)11-31(17)18/h2-4,9-11,13-14,20,28H,5-8H2,1H3,(H,29,32)(H,25,26,27). The fourth-order valence-corrected chi connectivity index (χ4v) is 4.32. The quantitative estimate of drug-likeness (QED) is 0.436. The van der Waals surface area contributed by atoms with Crippen LogP contribution in [0.2, 0.25) is 0 Å². The maximum absolute atomic E-state index is 13.0. The molecule has 8 nitrogen and oxygen atoms in total. The first-order valence-corrected chi connectivity index (χ1v) is 10.6. The Morgan fingerprint density at radius 2 is 1.94 bits per heavy atom. The predicted octanol–water partition coefficient (Wildman–Crippen LogP) is 4.00. The topological polar surface area (TPSA) is 100 Å². The second-order valence-corrected chi connectivity index (χ2v) is 8.15. The molecule has 4 heterocycles. The van der Waals surface area contributed by atoms with E-state index in [2.05, 4.69) is 30.6 Å². The van der Waals surface area contributed by atoms with Crippen LogP contribution >= 0.6 is 0 Å². The molecule has 1 aliphatic rings. The first-order valence-electron chi connectivity index (χ1n) is 10.6. The number of amides is 1. The summed E-state index contributed by atoms with van der Waals surface area (Å²) in [6.07, 6.45) is 3.72. The molecule has 32 heavy (non-hydrogen) atoms. The van der Waals surface area contributed by atoms with Crippen molar-refractivity contribution in [1.82, 2.24) is 29.7 Å². The van der Waals surface area contributed by atoms with Gasteiger partial charge >= 0.3 is 0 Å². The number of aromatic nitrogens is 5. The average molecular weight is 439 g/mol. The number of imidazole rings is 2. The van der Waals surface area contributed by atoms with Gasteiger partial charge in [-0.15, -0.1) is 0 Å². The Bertz CT molecular complexity index is 1270. The number of hydrogen-bond acceptors (Lipinski definition) is 5. The number of H-pyrrole nitrogens is 1. The summed E-state index contributed by atoms with van der Waals surface area (Å²) in [5.74, 6) is 1.32. The summed E-state index contributed by atoms with van der Waals surface area (Å²) in [6, 6.07) is 7.33. The van der Waals surface area contributed by atoms with Crippen LogP contribution in [-0.4, -0.2) is 42.3 Å². The van der Waals surface area contributed by atoms with Gasteiger partial charge in [-0.2, -0.15) is 0 Å². The number of aryl methyl sites for hydroxylation is 1. The number of hydrogen-bond donors (Lipinski definition) is 3. The van der Waals surface area contributed by atoms with Crippen LogP contribution in [0.25, 0.3) is 16.8 Å². The Labute approximate surface area is 182 Å². The van der Waals surface area contributed by atoms with Crippen LogP contribution in [0.4, 0.5) is 14.6 Å². The molecule has 4 aromatic rings. The molecule has 0 unspecified atom stereocenters. The van der Waals surface area contributed by atoms with Gasteiger partial charge in [-0.25, -0.2) is 23.7 Å². The summed E-state index contributed by atoms with van der Waals surface area (Å²) in [4.78, 5) is 28.4. The number of fused-ring (bicyclic) bond motifs is 2. The molecule has 0 bridgehead atoms. The third-order valence-electron chi connectivity index (χ3n) is 5.90. The molecule has 0 aliphatic heterocycles. The lowest BCUT2D eigenvalue weighted by atomic mass is 9.91. The number of rotatable bonds is 5. The normalized spacial score (nSPS) is 19.0. The van der Waals surface area contributed by atoms with Crippen molar-refractivity contribution in [2.24, 2.45) is 0 Å². The van der Waals surface area contributed by atoms with Crippen molar-refractivity contribution < 1.29 is 13.6 Å². The summed E-state index contributed by atoms with van der Waals surface area (Å²) in [7, 11) is 0. The zero-order valence-electron chi connectivity index (χ0n) is 17.5. The largest absolute Gasteiger partial charge is 0.368 e. The molecule has 10 heteroatoms. The third kappa shape index (κ3) is 3.88. The van der Waals surface area contributed by atoms with Gasteiger partial charge in [0, 0.05) is 24.5 Å². The van der Waals surface area contributed by atoms with Crippen LogP contribution < -0.4 is 10.6 Å². The number of nitrogens with one attached hydrogen (secondary N) is 3. The molecular formula is C22H23F2N7O. The highest BCUT2D eigenvalue weighted by Gasteiger charge is 2.24. The molecule has 0 atom stereocenters. The van der Waals surface area contributed by atoms with Gasteiger partial charge in [0.2, 0.25) is 0 Å². The van der Waals surface area contributed by atoms with Gasteiger partial charge in [-0.3, -0.25) is 9.20 Å². The van der Waals surface area contributed by atoms with Gasteiger partial charge in [0.25, 0.3) is 12.3 Å². The van der Waals surface area contributed by atoms with Crippen LogP contribution in [0, 0.1) is 6.92 Å². The summed E-state index contributed by atoms with van der Waals surface area (Å²) in [5, 5.41) is 6.58. The van der Waals surface area contributed by atoms with Crippen LogP contribution in [0.15, 0.2) is 36.7 Å². The fourth-order valence-electron chi connectivity index (χ4n) is 4.32. The Balaban J connectivity index is 1.22. The van der Waals surface area contributed by atoms with E-state index in [1.165, 1.54) is 6.20 Å². The number of alkyl halides is 2. The lowest BCUT2D eigenvalue weighted by molar-refractivity contribution is 0.0928. The summed E-state index contributed by atoms with van der Waals surface area (Å²) in [5.41, 5.74) is 1.98. The molecule has 5 rings (SSSR count). The van der Waals surface area contributed by atoms with Crippen molar-refractivity contribution in [3.63, 3.8) is 0 Å². The lowest BCUT2D eigenvalue weighted by Crippen LogP contribution is -2.40. The SMILES string of the molecule is Cc1nc2nccc(C(=O)NC3CCC(Nc4cccc5nc(C(F)F)cn45)CC3)c2[nH]1. The van der Waals surface area contributed by atoms with E-state index < -0.39 is 6.43 Å². The van der Waals surface area contributed by atoms with E-state index in [9.17, 15) is 13.6 Å². The zero-order chi connectivity index (χ0) is 22.2. The van der Waals surface area contributed by atoms with Gasteiger partial charge in [-0.05, 0) is 50.8 Å². The molecule has 0 saturated heterocycles. The average Bonchev–Trinajstić information content (AvgIpc) is 3.38. The minimum atomic E-state index is -2.60. The van der Waals surface area contributed by atoms with Gasteiger partial charge in [-0.1, -0.05) is 6.07 Å². The Hall–Kier alpha value is -3.56. The minimum absolute atomic E-state index is 0.0715. The number of halogens is 2. The number of anilines is 1. The maximum Gasteiger partial charge on any atom is 0.281 e. The van der Waals surface area contributed by atoms with E-state index in [-0.39, 0.29) is 23.7 Å². The molecule has 3 N–H and O–H groups in total. The molecule has 1 aliphatic carbocycles. The van der Waals surface area contributed by atoms with Crippen molar-refractivity contribution >= 4 is 28.5 Å². The first kappa shape index (κ1) is 20.3. The molecule has 0 spiro atoms. The molecule has 1 saturated carbocycles. The molecule has 1 fully saturated rings. The first-order chi connectivity index (χ1) is 15.5. The Morgan fingerprint density at radius 3 is 2.72 bits per heavy atom. The van der Waals surface area contributed by atoms with E-state index in [0.717, 1.165) is 31.5 Å². The Morgan fingerprint density at radius 1 is 1.16 bits per heavy atom. The molecular weight excluding hydrogens is 416 g/mol. The second kappa shape index (κ2) is 8.18. The fraction of sp³-hybridized carbons (Fsp3) is 0.364.